The van der Waals surface area contributed by atoms with Crippen molar-refractivity contribution in [3.05, 3.63) is 42.1 Å². The van der Waals surface area contributed by atoms with Crippen molar-refractivity contribution in [1.29, 1.82) is 0 Å². The average Bonchev–Trinajstić information content (AvgIpc) is 2.57. The van der Waals surface area contributed by atoms with Crippen LogP contribution in [0.25, 0.3) is 10.9 Å². The van der Waals surface area contributed by atoms with Crippen LogP contribution in [0.4, 0.5) is 0 Å². The third-order valence-corrected chi connectivity index (χ3v) is 4.79. The minimum atomic E-state index is 0.265. The molecule has 1 unspecified atom stereocenters. The van der Waals surface area contributed by atoms with Crippen LogP contribution < -0.4 is 0 Å². The number of hydrogen-bond donors (Lipinski definition) is 1. The van der Waals surface area contributed by atoms with Crippen LogP contribution in [0.5, 0.6) is 0 Å². The summed E-state index contributed by atoms with van der Waals surface area (Å²) in [6.07, 6.45) is 0.856. The number of nitrogens with zero attached hydrogens (tertiary/aromatic N) is 3. The standard InChI is InChI=1S/C20H29N3O/c1-16(2)13-23-11-10-22(15-19(23)9-12-24)14-18-8-7-17-5-3-4-6-20(17)21-18/h3-8,16,19,24H,9-15H2,1-2H3. The van der Waals surface area contributed by atoms with Gasteiger partial charge < -0.3 is 5.11 Å². The van der Waals surface area contributed by atoms with Gasteiger partial charge in [-0.2, -0.15) is 0 Å². The highest BCUT2D eigenvalue weighted by molar-refractivity contribution is 5.78. The Morgan fingerprint density at radius 2 is 2.00 bits per heavy atom. The molecule has 4 nitrogen and oxygen atoms in total. The predicted octanol–water partition coefficient (Wildman–Crippen LogP) is 2.76. The number of rotatable bonds is 6. The summed E-state index contributed by atoms with van der Waals surface area (Å²) in [6, 6.07) is 13.0. The maximum absolute atomic E-state index is 9.41. The molecule has 0 bridgehead atoms. The van der Waals surface area contributed by atoms with Gasteiger partial charge in [0.2, 0.25) is 0 Å². The molecule has 1 aromatic carbocycles. The highest BCUT2D eigenvalue weighted by Crippen LogP contribution is 2.18. The summed E-state index contributed by atoms with van der Waals surface area (Å²) in [6.45, 7) is 9.97. The lowest BCUT2D eigenvalue weighted by Crippen LogP contribution is -2.53. The van der Waals surface area contributed by atoms with Gasteiger partial charge in [0, 0.05) is 50.8 Å². The molecular formula is C20H29N3O. The molecule has 1 atom stereocenters. The molecule has 4 heteroatoms. The maximum atomic E-state index is 9.41. The molecule has 0 radical (unpaired) electrons. The van der Waals surface area contributed by atoms with Gasteiger partial charge >= 0.3 is 0 Å². The molecule has 24 heavy (non-hydrogen) atoms. The maximum Gasteiger partial charge on any atom is 0.0705 e. The number of hydrogen-bond acceptors (Lipinski definition) is 4. The molecule has 1 fully saturated rings. The Labute approximate surface area is 145 Å². The Bertz CT molecular complexity index is 658. The summed E-state index contributed by atoms with van der Waals surface area (Å²) in [5.41, 5.74) is 2.20. The van der Waals surface area contributed by atoms with Gasteiger partial charge in [0.25, 0.3) is 0 Å². The fourth-order valence-corrected chi connectivity index (χ4v) is 3.66. The number of para-hydroxylation sites is 1. The van der Waals surface area contributed by atoms with Crippen molar-refractivity contribution < 1.29 is 5.11 Å². The average molecular weight is 327 g/mol. The van der Waals surface area contributed by atoms with Crippen LogP contribution in [0.15, 0.2) is 36.4 Å². The summed E-state index contributed by atoms with van der Waals surface area (Å²) in [5, 5.41) is 10.6. The molecule has 0 spiro atoms. The Morgan fingerprint density at radius 3 is 2.79 bits per heavy atom. The zero-order valence-corrected chi connectivity index (χ0v) is 14.9. The minimum Gasteiger partial charge on any atom is -0.396 e. The van der Waals surface area contributed by atoms with E-state index in [-0.39, 0.29) is 6.61 Å². The van der Waals surface area contributed by atoms with Crippen LogP contribution in [0, 0.1) is 5.92 Å². The molecule has 130 valence electrons. The van der Waals surface area contributed by atoms with Crippen LogP contribution in [0.1, 0.15) is 26.0 Å². The van der Waals surface area contributed by atoms with Gasteiger partial charge in [-0.3, -0.25) is 14.8 Å². The molecule has 2 aromatic rings. The molecule has 3 rings (SSSR count). The van der Waals surface area contributed by atoms with E-state index < -0.39 is 0 Å². The van der Waals surface area contributed by atoms with Gasteiger partial charge in [0.1, 0.15) is 0 Å². The number of pyridine rings is 1. The molecule has 1 aliphatic rings. The summed E-state index contributed by atoms with van der Waals surface area (Å²) < 4.78 is 0. The molecule has 1 N–H and O–H groups in total. The first-order valence-electron chi connectivity index (χ1n) is 9.07. The smallest absolute Gasteiger partial charge is 0.0705 e. The first-order valence-corrected chi connectivity index (χ1v) is 9.07. The van der Waals surface area contributed by atoms with E-state index in [0.717, 1.165) is 50.4 Å². The van der Waals surface area contributed by atoms with E-state index in [0.29, 0.717) is 12.0 Å². The van der Waals surface area contributed by atoms with Crippen molar-refractivity contribution in [1.82, 2.24) is 14.8 Å². The number of piperazine rings is 1. The number of fused-ring (bicyclic) bond motifs is 1. The van der Waals surface area contributed by atoms with E-state index in [9.17, 15) is 5.11 Å². The first-order chi connectivity index (χ1) is 11.7. The van der Waals surface area contributed by atoms with Crippen molar-refractivity contribution >= 4 is 10.9 Å². The van der Waals surface area contributed by atoms with Gasteiger partial charge in [-0.25, -0.2) is 0 Å². The van der Waals surface area contributed by atoms with E-state index in [1.54, 1.807) is 0 Å². The van der Waals surface area contributed by atoms with E-state index in [1.165, 1.54) is 5.39 Å². The summed E-state index contributed by atoms with van der Waals surface area (Å²) in [5.74, 6) is 0.667. The van der Waals surface area contributed by atoms with Crippen LogP contribution >= 0.6 is 0 Å². The number of benzene rings is 1. The molecule has 0 amide bonds. The largest absolute Gasteiger partial charge is 0.396 e. The van der Waals surface area contributed by atoms with Crippen molar-refractivity contribution in [3.63, 3.8) is 0 Å². The fraction of sp³-hybridized carbons (Fsp3) is 0.550. The predicted molar refractivity (Wildman–Crippen MR) is 98.9 cm³/mol. The summed E-state index contributed by atoms with van der Waals surface area (Å²) in [7, 11) is 0. The SMILES string of the molecule is CC(C)CN1CCN(Cc2ccc3ccccc3n2)CC1CCO. The second kappa shape index (κ2) is 8.06. The lowest BCUT2D eigenvalue weighted by Gasteiger charge is -2.42. The third-order valence-electron chi connectivity index (χ3n) is 4.79. The Kier molecular flexibility index (Phi) is 5.82. The lowest BCUT2D eigenvalue weighted by molar-refractivity contribution is 0.0472. The number of aromatic nitrogens is 1. The molecule has 1 aliphatic heterocycles. The molecule has 1 saturated heterocycles. The van der Waals surface area contributed by atoms with Crippen LogP contribution in [-0.4, -0.2) is 58.7 Å². The molecule has 0 saturated carbocycles. The van der Waals surface area contributed by atoms with Crippen LogP contribution in [0.2, 0.25) is 0 Å². The molecule has 0 aliphatic carbocycles. The minimum absolute atomic E-state index is 0.265. The summed E-state index contributed by atoms with van der Waals surface area (Å²) in [4.78, 5) is 9.83. The first kappa shape index (κ1) is 17.3. The topological polar surface area (TPSA) is 39.6 Å². The Balaban J connectivity index is 1.66. The monoisotopic (exact) mass is 327 g/mol. The van der Waals surface area contributed by atoms with Crippen LogP contribution in [0.3, 0.4) is 0 Å². The van der Waals surface area contributed by atoms with Crippen molar-refractivity contribution in [2.75, 3.05) is 32.8 Å². The van der Waals surface area contributed by atoms with E-state index in [1.807, 2.05) is 6.07 Å². The number of aliphatic hydroxyl groups is 1. The highest BCUT2D eigenvalue weighted by atomic mass is 16.3. The third kappa shape index (κ3) is 4.32. The summed E-state index contributed by atoms with van der Waals surface area (Å²) >= 11 is 0. The normalized spacial score (nSPS) is 20.1. The Hall–Kier alpha value is -1.49. The fourth-order valence-electron chi connectivity index (χ4n) is 3.66. The van der Waals surface area contributed by atoms with Crippen molar-refractivity contribution in [2.45, 2.75) is 32.9 Å². The van der Waals surface area contributed by atoms with Gasteiger partial charge in [0.05, 0.1) is 11.2 Å². The molecule has 2 heterocycles. The lowest BCUT2D eigenvalue weighted by atomic mass is 10.1. The highest BCUT2D eigenvalue weighted by Gasteiger charge is 2.27. The van der Waals surface area contributed by atoms with Crippen molar-refractivity contribution in [3.8, 4) is 0 Å². The zero-order valence-electron chi connectivity index (χ0n) is 14.9. The van der Waals surface area contributed by atoms with E-state index in [2.05, 4.69) is 54.0 Å². The second-order valence-corrected chi connectivity index (χ2v) is 7.29. The van der Waals surface area contributed by atoms with Crippen molar-refractivity contribution in [2.24, 2.45) is 5.92 Å². The quantitative estimate of drug-likeness (QED) is 0.885. The second-order valence-electron chi connectivity index (χ2n) is 7.29. The number of aliphatic hydroxyl groups excluding tert-OH is 1. The van der Waals surface area contributed by atoms with E-state index >= 15 is 0 Å². The molecular weight excluding hydrogens is 298 g/mol. The van der Waals surface area contributed by atoms with Gasteiger partial charge in [-0.05, 0) is 24.5 Å². The molecule has 1 aromatic heterocycles. The van der Waals surface area contributed by atoms with Crippen LogP contribution in [-0.2, 0) is 6.54 Å². The van der Waals surface area contributed by atoms with Gasteiger partial charge in [0.15, 0.2) is 0 Å². The van der Waals surface area contributed by atoms with E-state index in [4.69, 9.17) is 4.98 Å². The Morgan fingerprint density at radius 1 is 1.17 bits per heavy atom. The van der Waals surface area contributed by atoms with Gasteiger partial charge in [-0.1, -0.05) is 38.1 Å². The zero-order chi connectivity index (χ0) is 16.9. The van der Waals surface area contributed by atoms with Gasteiger partial charge in [-0.15, -0.1) is 0 Å².